The van der Waals surface area contributed by atoms with E-state index in [4.69, 9.17) is 4.74 Å². The Kier molecular flexibility index (Phi) is 4.54. The number of ether oxygens (including phenoxy) is 1. The van der Waals surface area contributed by atoms with Gasteiger partial charge in [0.1, 0.15) is 5.56 Å². The van der Waals surface area contributed by atoms with Gasteiger partial charge in [-0.25, -0.2) is 9.50 Å². The molecular formula is C18H25N5O3. The van der Waals surface area contributed by atoms with Crippen LogP contribution in [-0.2, 0) is 4.74 Å². The molecule has 2 aliphatic rings. The van der Waals surface area contributed by atoms with Gasteiger partial charge in [0.15, 0.2) is 5.65 Å². The summed E-state index contributed by atoms with van der Waals surface area (Å²) in [4.78, 5) is 33.5. The predicted molar refractivity (Wildman–Crippen MR) is 96.3 cm³/mol. The van der Waals surface area contributed by atoms with Gasteiger partial charge in [0.2, 0.25) is 0 Å². The second-order valence-electron chi connectivity index (χ2n) is 7.25. The number of likely N-dealkylation sites (N-methyl/N-ethyl adjacent to an activating group) is 1. The van der Waals surface area contributed by atoms with E-state index >= 15 is 0 Å². The number of hydrogen-bond acceptors (Lipinski definition) is 5. The lowest BCUT2D eigenvalue weighted by atomic mass is 10.1. The summed E-state index contributed by atoms with van der Waals surface area (Å²) in [6, 6.07) is 1.90. The first-order valence-electron chi connectivity index (χ1n) is 9.19. The van der Waals surface area contributed by atoms with Crippen LogP contribution in [-0.4, -0.2) is 75.7 Å². The standard InChI is InChI=1S/C18H25N5O3/c1-21(14-4-3-5-15(14)22-9-7-12(11-22)26-2)18(25)13-10-20-23-16(24)6-8-19-17(13)23/h6,8,10,12,14-15,20H,3-5,7,9,11H2,1-2H3/t12?,14-,15+/m1/s1. The number of nitrogens with one attached hydrogen (secondary N) is 1. The molecule has 4 rings (SSSR count). The van der Waals surface area contributed by atoms with Crippen LogP contribution in [0.5, 0.6) is 0 Å². The second kappa shape index (κ2) is 6.85. The normalized spacial score (nSPS) is 26.6. The van der Waals surface area contributed by atoms with Gasteiger partial charge in [0.05, 0.1) is 6.10 Å². The third kappa shape index (κ3) is 2.83. The topological polar surface area (TPSA) is 82.9 Å². The molecular weight excluding hydrogens is 334 g/mol. The number of nitrogens with zero attached hydrogens (tertiary/aromatic N) is 4. The van der Waals surface area contributed by atoms with Crippen LogP contribution in [0, 0.1) is 0 Å². The van der Waals surface area contributed by atoms with Crippen LogP contribution >= 0.6 is 0 Å². The monoisotopic (exact) mass is 359 g/mol. The first-order chi connectivity index (χ1) is 12.6. The summed E-state index contributed by atoms with van der Waals surface area (Å²) in [6.07, 6.45) is 7.57. The van der Waals surface area contributed by atoms with Crippen molar-refractivity contribution in [1.82, 2.24) is 24.4 Å². The van der Waals surface area contributed by atoms with E-state index in [9.17, 15) is 9.59 Å². The molecule has 0 radical (unpaired) electrons. The quantitative estimate of drug-likeness (QED) is 0.870. The highest BCUT2D eigenvalue weighted by Gasteiger charge is 2.39. The molecule has 1 aliphatic carbocycles. The Morgan fingerprint density at radius 1 is 1.38 bits per heavy atom. The van der Waals surface area contributed by atoms with Crippen LogP contribution < -0.4 is 5.56 Å². The number of H-pyrrole nitrogens is 1. The van der Waals surface area contributed by atoms with E-state index in [2.05, 4.69) is 15.0 Å². The second-order valence-corrected chi connectivity index (χ2v) is 7.25. The van der Waals surface area contributed by atoms with Gasteiger partial charge >= 0.3 is 0 Å². The summed E-state index contributed by atoms with van der Waals surface area (Å²) in [6.45, 7) is 1.95. The molecule has 2 fully saturated rings. The van der Waals surface area contributed by atoms with Gasteiger partial charge in [-0.1, -0.05) is 0 Å². The number of carbonyl (C=O) groups is 1. The van der Waals surface area contributed by atoms with E-state index in [0.717, 1.165) is 38.8 Å². The lowest BCUT2D eigenvalue weighted by Gasteiger charge is -2.35. The molecule has 1 saturated carbocycles. The Labute approximate surface area is 151 Å². The summed E-state index contributed by atoms with van der Waals surface area (Å²) >= 11 is 0. The molecule has 2 aromatic rings. The molecule has 1 amide bonds. The fourth-order valence-electron chi connectivity index (χ4n) is 4.46. The molecule has 2 aromatic heterocycles. The average Bonchev–Trinajstić information content (AvgIpc) is 3.38. The van der Waals surface area contributed by atoms with E-state index in [1.54, 1.807) is 13.3 Å². The van der Waals surface area contributed by atoms with Crippen molar-refractivity contribution in [2.75, 3.05) is 27.2 Å². The molecule has 3 atom stereocenters. The van der Waals surface area contributed by atoms with Crippen molar-refractivity contribution in [1.29, 1.82) is 0 Å². The molecule has 1 aliphatic heterocycles. The van der Waals surface area contributed by atoms with Crippen molar-refractivity contribution in [3.8, 4) is 0 Å². The van der Waals surface area contributed by atoms with E-state index in [1.165, 1.54) is 16.8 Å². The van der Waals surface area contributed by atoms with Gasteiger partial charge in [0.25, 0.3) is 11.5 Å². The van der Waals surface area contributed by atoms with Crippen molar-refractivity contribution in [2.24, 2.45) is 0 Å². The minimum atomic E-state index is -0.224. The summed E-state index contributed by atoms with van der Waals surface area (Å²) in [5, 5.41) is 2.83. The lowest BCUT2D eigenvalue weighted by molar-refractivity contribution is 0.0607. The van der Waals surface area contributed by atoms with Gasteiger partial charge in [-0.3, -0.25) is 19.6 Å². The van der Waals surface area contributed by atoms with E-state index < -0.39 is 0 Å². The van der Waals surface area contributed by atoms with E-state index in [1.807, 2.05) is 11.9 Å². The van der Waals surface area contributed by atoms with Gasteiger partial charge < -0.3 is 9.64 Å². The average molecular weight is 359 g/mol. The molecule has 0 bridgehead atoms. The number of likely N-dealkylation sites (tertiary alicyclic amines) is 1. The maximum atomic E-state index is 13.1. The fourth-order valence-corrected chi connectivity index (χ4v) is 4.46. The van der Waals surface area contributed by atoms with Crippen molar-refractivity contribution in [3.63, 3.8) is 0 Å². The largest absolute Gasteiger partial charge is 0.380 e. The number of aromatic amines is 1. The third-order valence-corrected chi connectivity index (χ3v) is 5.90. The van der Waals surface area contributed by atoms with Crippen LogP contribution in [0.4, 0.5) is 0 Å². The molecule has 1 saturated heterocycles. The predicted octanol–water partition coefficient (Wildman–Crippen LogP) is 0.736. The number of amides is 1. The Bertz CT molecular complexity index is 860. The maximum absolute atomic E-state index is 13.1. The molecule has 1 N–H and O–H groups in total. The first kappa shape index (κ1) is 17.2. The molecule has 1 unspecified atom stereocenters. The summed E-state index contributed by atoms with van der Waals surface area (Å²) < 4.78 is 6.80. The molecule has 0 spiro atoms. The van der Waals surface area contributed by atoms with Crippen LogP contribution in [0.1, 0.15) is 36.0 Å². The summed E-state index contributed by atoms with van der Waals surface area (Å²) in [7, 11) is 3.63. The number of fused-ring (bicyclic) bond motifs is 1. The zero-order valence-electron chi connectivity index (χ0n) is 15.2. The highest BCUT2D eigenvalue weighted by molar-refractivity contribution is 5.99. The highest BCUT2D eigenvalue weighted by Crippen LogP contribution is 2.31. The molecule has 26 heavy (non-hydrogen) atoms. The zero-order chi connectivity index (χ0) is 18.3. The zero-order valence-corrected chi connectivity index (χ0v) is 15.2. The Hall–Kier alpha value is -2.19. The first-order valence-corrected chi connectivity index (χ1v) is 9.19. The fraction of sp³-hybridized carbons (Fsp3) is 0.611. The minimum absolute atomic E-state index is 0.0961. The summed E-state index contributed by atoms with van der Waals surface area (Å²) in [5.41, 5.74) is 0.592. The Balaban J connectivity index is 1.56. The van der Waals surface area contributed by atoms with E-state index in [0.29, 0.717) is 23.4 Å². The van der Waals surface area contributed by atoms with Gasteiger partial charge in [-0.2, -0.15) is 0 Å². The number of hydrogen-bond donors (Lipinski definition) is 1. The third-order valence-electron chi connectivity index (χ3n) is 5.90. The Morgan fingerprint density at radius 3 is 3.00 bits per heavy atom. The molecule has 140 valence electrons. The maximum Gasteiger partial charge on any atom is 0.272 e. The van der Waals surface area contributed by atoms with Crippen molar-refractivity contribution in [2.45, 2.75) is 43.9 Å². The molecule has 8 nitrogen and oxygen atoms in total. The smallest absolute Gasteiger partial charge is 0.272 e. The molecule has 0 aromatic carbocycles. The number of methoxy groups -OCH3 is 1. The van der Waals surface area contributed by atoms with Crippen LogP contribution in [0.2, 0.25) is 0 Å². The van der Waals surface area contributed by atoms with Crippen LogP contribution in [0.25, 0.3) is 5.65 Å². The lowest BCUT2D eigenvalue weighted by Crippen LogP contribution is -2.49. The number of carbonyl (C=O) groups excluding carboxylic acids is 1. The van der Waals surface area contributed by atoms with Gasteiger partial charge in [0, 0.05) is 57.8 Å². The van der Waals surface area contributed by atoms with Crippen LogP contribution in [0.3, 0.4) is 0 Å². The van der Waals surface area contributed by atoms with Crippen molar-refractivity contribution < 1.29 is 9.53 Å². The van der Waals surface area contributed by atoms with E-state index in [-0.39, 0.29) is 17.5 Å². The van der Waals surface area contributed by atoms with Crippen molar-refractivity contribution >= 4 is 11.6 Å². The SMILES string of the molecule is COC1CCN([C@H]2CCC[C@H]2N(C)C(=O)c2c[nH]n3c(=O)ccnc23)C1. The molecule has 3 heterocycles. The molecule has 8 heteroatoms. The minimum Gasteiger partial charge on any atom is -0.380 e. The number of rotatable bonds is 4. The van der Waals surface area contributed by atoms with Gasteiger partial charge in [-0.15, -0.1) is 0 Å². The van der Waals surface area contributed by atoms with Gasteiger partial charge in [-0.05, 0) is 25.7 Å². The summed E-state index contributed by atoms with van der Waals surface area (Å²) in [5.74, 6) is -0.0961. The number of aromatic nitrogens is 3. The Morgan fingerprint density at radius 2 is 2.23 bits per heavy atom. The van der Waals surface area contributed by atoms with Crippen LogP contribution in [0.15, 0.2) is 23.3 Å². The van der Waals surface area contributed by atoms with Crippen molar-refractivity contribution in [3.05, 3.63) is 34.4 Å². The highest BCUT2D eigenvalue weighted by atomic mass is 16.5.